The van der Waals surface area contributed by atoms with Gasteiger partial charge in [-0.1, -0.05) is 23.2 Å². The number of amides is 1. The number of carbonyl (C=O) groups is 1. The highest BCUT2D eigenvalue weighted by molar-refractivity contribution is 7.94. The molecule has 0 fully saturated rings. The third kappa shape index (κ3) is 3.11. The van der Waals surface area contributed by atoms with E-state index in [1.54, 1.807) is 18.2 Å². The lowest BCUT2D eigenvalue weighted by molar-refractivity contribution is -0.116. The van der Waals surface area contributed by atoms with Crippen LogP contribution in [0, 0.1) is 0 Å². The molecule has 0 spiro atoms. The summed E-state index contributed by atoms with van der Waals surface area (Å²) in [6, 6.07) is 4.16. The number of benzene rings is 1. The third-order valence-corrected chi connectivity index (χ3v) is 4.68. The molecule has 1 atom stereocenters. The normalized spacial score (nSPS) is 20.5. The Bertz CT molecular complexity index is 655. The summed E-state index contributed by atoms with van der Waals surface area (Å²) >= 11 is 12.0. The summed E-state index contributed by atoms with van der Waals surface area (Å²) in [4.78, 5) is 13.1. The number of nitrogens with zero attached hydrogens (tertiary/aromatic N) is 1. The SMILES string of the molecule is CC(=O)N(c1cc(Cl)ccc1Cl)C1C=CS(=O)(=O)C1. The second kappa shape index (κ2) is 5.15. The van der Waals surface area contributed by atoms with Crippen LogP contribution in [0.4, 0.5) is 5.69 Å². The fraction of sp³-hybridized carbons (Fsp3) is 0.250. The van der Waals surface area contributed by atoms with Crippen molar-refractivity contribution in [3.8, 4) is 0 Å². The summed E-state index contributed by atoms with van der Waals surface area (Å²) in [6.07, 6.45) is 1.48. The fourth-order valence-corrected chi connectivity index (χ4v) is 3.62. The van der Waals surface area contributed by atoms with E-state index < -0.39 is 15.9 Å². The average Bonchev–Trinajstić information content (AvgIpc) is 2.63. The summed E-state index contributed by atoms with van der Waals surface area (Å²) in [5.74, 6) is -0.439. The molecule has 0 radical (unpaired) electrons. The third-order valence-electron chi connectivity index (χ3n) is 2.75. The van der Waals surface area contributed by atoms with Crippen LogP contribution in [0.5, 0.6) is 0 Å². The highest BCUT2D eigenvalue weighted by Crippen LogP contribution is 2.32. The molecule has 0 aromatic heterocycles. The molecule has 1 aromatic rings. The van der Waals surface area contributed by atoms with Gasteiger partial charge in [-0.15, -0.1) is 0 Å². The van der Waals surface area contributed by atoms with Crippen molar-refractivity contribution in [3.05, 3.63) is 39.7 Å². The van der Waals surface area contributed by atoms with Crippen molar-refractivity contribution in [1.82, 2.24) is 0 Å². The maximum atomic E-state index is 11.8. The molecule has 0 N–H and O–H groups in total. The molecule has 7 heteroatoms. The topological polar surface area (TPSA) is 54.5 Å². The van der Waals surface area contributed by atoms with Gasteiger partial charge in [0.15, 0.2) is 9.84 Å². The number of sulfone groups is 1. The Balaban J connectivity index is 2.45. The first-order valence-electron chi connectivity index (χ1n) is 5.46. The first-order chi connectivity index (χ1) is 8.80. The van der Waals surface area contributed by atoms with Gasteiger partial charge in [0.05, 0.1) is 22.5 Å². The van der Waals surface area contributed by atoms with Gasteiger partial charge < -0.3 is 4.90 Å². The molecule has 1 aliphatic heterocycles. The summed E-state index contributed by atoms with van der Waals surface area (Å²) in [6.45, 7) is 1.36. The number of carbonyl (C=O) groups excluding carboxylic acids is 1. The lowest BCUT2D eigenvalue weighted by Gasteiger charge is -2.27. The predicted molar refractivity (Wildman–Crippen MR) is 76.3 cm³/mol. The van der Waals surface area contributed by atoms with Crippen LogP contribution in [0.15, 0.2) is 29.7 Å². The van der Waals surface area contributed by atoms with E-state index in [0.29, 0.717) is 15.7 Å². The number of hydrogen-bond donors (Lipinski definition) is 0. The number of anilines is 1. The Labute approximate surface area is 121 Å². The molecular weight excluding hydrogens is 309 g/mol. The van der Waals surface area contributed by atoms with Gasteiger partial charge in [0.2, 0.25) is 5.91 Å². The summed E-state index contributed by atoms with van der Waals surface area (Å²) < 4.78 is 22.9. The molecule has 0 aliphatic carbocycles. The zero-order valence-electron chi connectivity index (χ0n) is 10.0. The van der Waals surface area contributed by atoms with E-state index in [0.717, 1.165) is 5.41 Å². The summed E-state index contributed by atoms with van der Waals surface area (Å²) in [5, 5.41) is 1.89. The molecule has 1 amide bonds. The van der Waals surface area contributed by atoms with Crippen molar-refractivity contribution in [2.24, 2.45) is 0 Å². The van der Waals surface area contributed by atoms with Crippen LogP contribution in [0.1, 0.15) is 6.92 Å². The van der Waals surface area contributed by atoms with Gasteiger partial charge in [-0.05, 0) is 24.3 Å². The first-order valence-corrected chi connectivity index (χ1v) is 7.93. The van der Waals surface area contributed by atoms with Crippen molar-refractivity contribution in [1.29, 1.82) is 0 Å². The highest BCUT2D eigenvalue weighted by Gasteiger charge is 2.30. The molecule has 0 saturated heterocycles. The van der Waals surface area contributed by atoms with Crippen LogP contribution >= 0.6 is 23.2 Å². The van der Waals surface area contributed by atoms with Crippen molar-refractivity contribution in [2.75, 3.05) is 10.7 Å². The van der Waals surface area contributed by atoms with Gasteiger partial charge in [0, 0.05) is 17.4 Å². The quantitative estimate of drug-likeness (QED) is 0.842. The molecule has 1 aliphatic rings. The first kappa shape index (κ1) is 14.4. The van der Waals surface area contributed by atoms with Crippen LogP contribution in [-0.4, -0.2) is 26.1 Å². The van der Waals surface area contributed by atoms with Gasteiger partial charge in [-0.3, -0.25) is 4.79 Å². The van der Waals surface area contributed by atoms with Crippen LogP contribution in [0.3, 0.4) is 0 Å². The Morgan fingerprint density at radius 3 is 2.58 bits per heavy atom. The minimum atomic E-state index is -3.26. The molecule has 1 aromatic carbocycles. The molecule has 19 heavy (non-hydrogen) atoms. The lowest BCUT2D eigenvalue weighted by Crippen LogP contribution is -2.40. The molecule has 2 rings (SSSR count). The van der Waals surface area contributed by atoms with E-state index in [9.17, 15) is 13.2 Å². The van der Waals surface area contributed by atoms with Gasteiger partial charge in [0.1, 0.15) is 0 Å². The van der Waals surface area contributed by atoms with Crippen molar-refractivity contribution < 1.29 is 13.2 Å². The molecule has 1 unspecified atom stereocenters. The van der Waals surface area contributed by atoms with Crippen LogP contribution < -0.4 is 4.90 Å². The number of halogens is 2. The number of rotatable bonds is 2. The molecule has 102 valence electrons. The van der Waals surface area contributed by atoms with Crippen LogP contribution in [-0.2, 0) is 14.6 Å². The average molecular weight is 320 g/mol. The smallest absolute Gasteiger partial charge is 0.224 e. The lowest BCUT2D eigenvalue weighted by atomic mass is 10.2. The predicted octanol–water partition coefficient (Wildman–Crippen LogP) is 2.66. The maximum absolute atomic E-state index is 11.8. The van der Waals surface area contributed by atoms with Crippen molar-refractivity contribution >= 4 is 44.6 Å². The Hall–Kier alpha value is -1.04. The largest absolute Gasteiger partial charge is 0.303 e. The molecule has 0 saturated carbocycles. The monoisotopic (exact) mass is 319 g/mol. The minimum absolute atomic E-state index is 0.143. The Morgan fingerprint density at radius 1 is 1.37 bits per heavy atom. The summed E-state index contributed by atoms with van der Waals surface area (Å²) in [5.41, 5.74) is 0.411. The van der Waals surface area contributed by atoms with Crippen LogP contribution in [0.25, 0.3) is 0 Å². The van der Waals surface area contributed by atoms with Crippen LogP contribution in [0.2, 0.25) is 10.0 Å². The standard InChI is InChI=1S/C12H11Cl2NO3S/c1-8(16)15(10-4-5-19(17,18)7-10)12-6-9(13)2-3-11(12)14/h2-6,10H,7H2,1H3. The van der Waals surface area contributed by atoms with Crippen molar-refractivity contribution in [3.63, 3.8) is 0 Å². The van der Waals surface area contributed by atoms with Gasteiger partial charge in [-0.25, -0.2) is 8.42 Å². The summed E-state index contributed by atoms with van der Waals surface area (Å²) in [7, 11) is -3.26. The maximum Gasteiger partial charge on any atom is 0.224 e. The minimum Gasteiger partial charge on any atom is -0.303 e. The fourth-order valence-electron chi connectivity index (χ4n) is 1.97. The van der Waals surface area contributed by atoms with Crippen molar-refractivity contribution in [2.45, 2.75) is 13.0 Å². The van der Waals surface area contributed by atoms with E-state index in [1.807, 2.05) is 0 Å². The van der Waals surface area contributed by atoms with E-state index in [1.165, 1.54) is 17.9 Å². The zero-order valence-corrected chi connectivity index (χ0v) is 12.3. The van der Waals surface area contributed by atoms with E-state index in [-0.39, 0.29) is 11.7 Å². The molecule has 4 nitrogen and oxygen atoms in total. The van der Waals surface area contributed by atoms with E-state index in [4.69, 9.17) is 23.2 Å². The highest BCUT2D eigenvalue weighted by atomic mass is 35.5. The zero-order chi connectivity index (χ0) is 14.2. The Morgan fingerprint density at radius 2 is 2.05 bits per heavy atom. The molecule has 0 bridgehead atoms. The van der Waals surface area contributed by atoms with E-state index >= 15 is 0 Å². The Kier molecular flexibility index (Phi) is 3.90. The van der Waals surface area contributed by atoms with Gasteiger partial charge in [0.25, 0.3) is 0 Å². The second-order valence-electron chi connectivity index (χ2n) is 4.21. The number of hydrogen-bond acceptors (Lipinski definition) is 3. The molecular formula is C12H11Cl2NO3S. The second-order valence-corrected chi connectivity index (χ2v) is 6.99. The van der Waals surface area contributed by atoms with E-state index in [2.05, 4.69) is 0 Å². The molecule has 1 heterocycles. The van der Waals surface area contributed by atoms with Gasteiger partial charge in [-0.2, -0.15) is 0 Å². The van der Waals surface area contributed by atoms with Gasteiger partial charge >= 0.3 is 0 Å².